The van der Waals surface area contributed by atoms with Gasteiger partial charge in [-0.2, -0.15) is 15.3 Å². The van der Waals surface area contributed by atoms with Crippen molar-refractivity contribution in [3.63, 3.8) is 0 Å². The third-order valence-electron chi connectivity index (χ3n) is 3.04. The number of hydrogen-bond acceptors (Lipinski definition) is 4. The predicted octanol–water partition coefficient (Wildman–Crippen LogP) is 1.50. The highest BCUT2D eigenvalue weighted by Crippen LogP contribution is 2.16. The van der Waals surface area contributed by atoms with E-state index in [0.717, 1.165) is 30.6 Å². The normalized spacial score (nSPS) is 12.6. The van der Waals surface area contributed by atoms with Crippen LogP contribution in [0.3, 0.4) is 0 Å². The second-order valence-electron chi connectivity index (χ2n) is 4.28. The maximum atomic E-state index is 6.19. The molecule has 18 heavy (non-hydrogen) atoms. The molecule has 2 rings (SSSR count). The molecule has 0 radical (unpaired) electrons. The average Bonchev–Trinajstić information content (AvgIpc) is 2.82. The van der Waals surface area contributed by atoms with Crippen molar-refractivity contribution < 1.29 is 0 Å². The average molecular weight is 245 g/mol. The molecule has 0 aliphatic rings. The van der Waals surface area contributed by atoms with Gasteiger partial charge in [-0.05, 0) is 31.0 Å². The highest BCUT2D eigenvalue weighted by atomic mass is 15.3. The van der Waals surface area contributed by atoms with Gasteiger partial charge < -0.3 is 5.73 Å². The molecular weight excluding hydrogens is 226 g/mol. The van der Waals surface area contributed by atoms with Crippen LogP contribution in [0.2, 0.25) is 0 Å². The van der Waals surface area contributed by atoms with Crippen LogP contribution in [0.15, 0.2) is 24.5 Å². The van der Waals surface area contributed by atoms with E-state index in [1.165, 1.54) is 5.69 Å². The summed E-state index contributed by atoms with van der Waals surface area (Å²) in [7, 11) is 0. The summed E-state index contributed by atoms with van der Waals surface area (Å²) in [6.07, 6.45) is 5.11. The molecule has 96 valence electrons. The van der Waals surface area contributed by atoms with E-state index in [9.17, 15) is 0 Å². The molecule has 0 saturated carbocycles. The highest BCUT2D eigenvalue weighted by Gasteiger charge is 2.12. The lowest BCUT2D eigenvalue weighted by molar-refractivity contribution is 0.584. The Kier molecular flexibility index (Phi) is 4.04. The molecule has 0 fully saturated rings. The number of aromatic nitrogens is 4. The Morgan fingerprint density at radius 2 is 2.17 bits per heavy atom. The van der Waals surface area contributed by atoms with Gasteiger partial charge in [0, 0.05) is 30.9 Å². The topological polar surface area (TPSA) is 69.6 Å². The Bertz CT molecular complexity index is 491. The molecule has 2 aromatic rings. The van der Waals surface area contributed by atoms with Crippen molar-refractivity contribution in [1.82, 2.24) is 20.0 Å². The second kappa shape index (κ2) is 5.73. The van der Waals surface area contributed by atoms with E-state index in [1.807, 2.05) is 10.7 Å². The number of nitrogens with two attached hydrogens (primary N) is 1. The molecule has 1 unspecified atom stereocenters. The SMILES string of the molecule is CCc1cc(CC(N)c2ccnnc2)n(CC)n1. The van der Waals surface area contributed by atoms with Crippen molar-refractivity contribution in [3.8, 4) is 0 Å². The van der Waals surface area contributed by atoms with Gasteiger partial charge in [0.05, 0.1) is 11.9 Å². The van der Waals surface area contributed by atoms with Crippen molar-refractivity contribution in [2.24, 2.45) is 5.73 Å². The van der Waals surface area contributed by atoms with Gasteiger partial charge in [0.25, 0.3) is 0 Å². The molecular formula is C13H19N5. The van der Waals surface area contributed by atoms with Gasteiger partial charge in [-0.3, -0.25) is 4.68 Å². The zero-order chi connectivity index (χ0) is 13.0. The fraction of sp³-hybridized carbons (Fsp3) is 0.462. The summed E-state index contributed by atoms with van der Waals surface area (Å²) < 4.78 is 2.02. The van der Waals surface area contributed by atoms with Crippen molar-refractivity contribution >= 4 is 0 Å². The van der Waals surface area contributed by atoms with E-state index in [4.69, 9.17) is 5.73 Å². The Balaban J connectivity index is 2.16. The Morgan fingerprint density at radius 1 is 1.33 bits per heavy atom. The first-order valence-corrected chi connectivity index (χ1v) is 6.32. The number of aryl methyl sites for hydroxylation is 2. The van der Waals surface area contributed by atoms with E-state index in [0.29, 0.717) is 0 Å². The molecule has 0 saturated heterocycles. The molecule has 1 atom stereocenters. The lowest BCUT2D eigenvalue weighted by Gasteiger charge is -2.11. The summed E-state index contributed by atoms with van der Waals surface area (Å²) in [5.41, 5.74) is 9.50. The molecule has 0 amide bonds. The molecule has 2 heterocycles. The van der Waals surface area contributed by atoms with Crippen LogP contribution in [-0.4, -0.2) is 20.0 Å². The zero-order valence-corrected chi connectivity index (χ0v) is 10.9. The van der Waals surface area contributed by atoms with Crippen LogP contribution in [0.1, 0.15) is 36.8 Å². The molecule has 5 heteroatoms. The van der Waals surface area contributed by atoms with Crippen LogP contribution >= 0.6 is 0 Å². The minimum Gasteiger partial charge on any atom is -0.324 e. The van der Waals surface area contributed by atoms with Crippen LogP contribution < -0.4 is 5.73 Å². The quantitative estimate of drug-likeness (QED) is 0.866. The van der Waals surface area contributed by atoms with Gasteiger partial charge in [-0.25, -0.2) is 0 Å². The minimum atomic E-state index is -0.0628. The van der Waals surface area contributed by atoms with Crippen LogP contribution in [-0.2, 0) is 19.4 Å². The Hall–Kier alpha value is -1.75. The summed E-state index contributed by atoms with van der Waals surface area (Å²) in [6.45, 7) is 5.07. The van der Waals surface area contributed by atoms with Crippen molar-refractivity contribution in [3.05, 3.63) is 41.5 Å². The van der Waals surface area contributed by atoms with Crippen LogP contribution in [0.4, 0.5) is 0 Å². The minimum absolute atomic E-state index is 0.0628. The number of hydrogen-bond donors (Lipinski definition) is 1. The first-order chi connectivity index (χ1) is 8.74. The standard InChI is InChI=1S/C13H19N5/c1-3-11-7-12(18(4-2)17-11)8-13(14)10-5-6-15-16-9-10/h5-7,9,13H,3-4,8,14H2,1-2H3. The van der Waals surface area contributed by atoms with E-state index in [1.54, 1.807) is 12.4 Å². The maximum Gasteiger partial charge on any atom is 0.0624 e. The summed E-state index contributed by atoms with van der Waals surface area (Å²) in [4.78, 5) is 0. The lowest BCUT2D eigenvalue weighted by Crippen LogP contribution is -2.16. The molecule has 0 aliphatic heterocycles. The predicted molar refractivity (Wildman–Crippen MR) is 69.9 cm³/mol. The lowest BCUT2D eigenvalue weighted by atomic mass is 10.1. The van der Waals surface area contributed by atoms with E-state index < -0.39 is 0 Å². The van der Waals surface area contributed by atoms with Gasteiger partial charge >= 0.3 is 0 Å². The fourth-order valence-electron chi connectivity index (χ4n) is 1.99. The number of nitrogens with zero attached hydrogens (tertiary/aromatic N) is 4. The molecule has 0 aromatic carbocycles. The molecule has 5 nitrogen and oxygen atoms in total. The summed E-state index contributed by atoms with van der Waals surface area (Å²) in [6, 6.07) is 3.98. The van der Waals surface area contributed by atoms with Gasteiger partial charge in [-0.15, -0.1) is 0 Å². The monoisotopic (exact) mass is 245 g/mol. The maximum absolute atomic E-state index is 6.19. The molecule has 0 spiro atoms. The first-order valence-electron chi connectivity index (χ1n) is 6.32. The Labute approximate surface area is 107 Å². The van der Waals surface area contributed by atoms with Crippen molar-refractivity contribution in [2.75, 3.05) is 0 Å². The zero-order valence-electron chi connectivity index (χ0n) is 10.9. The van der Waals surface area contributed by atoms with Gasteiger partial charge in [0.1, 0.15) is 0 Å². The van der Waals surface area contributed by atoms with Crippen molar-refractivity contribution in [2.45, 2.75) is 39.3 Å². The largest absolute Gasteiger partial charge is 0.324 e. The first kappa shape index (κ1) is 12.7. The van der Waals surface area contributed by atoms with Crippen LogP contribution in [0.25, 0.3) is 0 Å². The highest BCUT2D eigenvalue weighted by molar-refractivity contribution is 5.17. The van der Waals surface area contributed by atoms with Crippen molar-refractivity contribution in [1.29, 1.82) is 0 Å². The smallest absolute Gasteiger partial charge is 0.0624 e. The Morgan fingerprint density at radius 3 is 2.78 bits per heavy atom. The van der Waals surface area contributed by atoms with E-state index in [2.05, 4.69) is 35.2 Å². The second-order valence-corrected chi connectivity index (χ2v) is 4.28. The number of rotatable bonds is 5. The third-order valence-corrected chi connectivity index (χ3v) is 3.04. The van der Waals surface area contributed by atoms with Crippen LogP contribution in [0.5, 0.6) is 0 Å². The summed E-state index contributed by atoms with van der Waals surface area (Å²) in [5.74, 6) is 0. The molecule has 2 aromatic heterocycles. The molecule has 0 aliphatic carbocycles. The van der Waals surface area contributed by atoms with E-state index >= 15 is 0 Å². The summed E-state index contributed by atoms with van der Waals surface area (Å²) in [5, 5.41) is 12.1. The van der Waals surface area contributed by atoms with Gasteiger partial charge in [-0.1, -0.05) is 6.92 Å². The fourth-order valence-corrected chi connectivity index (χ4v) is 1.99. The van der Waals surface area contributed by atoms with Gasteiger partial charge in [0.15, 0.2) is 0 Å². The summed E-state index contributed by atoms with van der Waals surface area (Å²) >= 11 is 0. The van der Waals surface area contributed by atoms with Gasteiger partial charge in [0.2, 0.25) is 0 Å². The molecule has 0 bridgehead atoms. The molecule has 2 N–H and O–H groups in total. The van der Waals surface area contributed by atoms with Crippen LogP contribution in [0, 0.1) is 0 Å². The van der Waals surface area contributed by atoms with E-state index in [-0.39, 0.29) is 6.04 Å². The third kappa shape index (κ3) is 2.73.